The molecule has 1 aliphatic carbocycles. The zero-order valence-electron chi connectivity index (χ0n) is 14.8. The number of pyridine rings is 1. The van der Waals surface area contributed by atoms with Gasteiger partial charge in [0.05, 0.1) is 5.69 Å². The van der Waals surface area contributed by atoms with E-state index in [-0.39, 0.29) is 5.91 Å². The molecular formula is C19H23N3O3S. The van der Waals surface area contributed by atoms with Gasteiger partial charge in [-0.15, -0.1) is 11.3 Å². The van der Waals surface area contributed by atoms with Gasteiger partial charge in [0.25, 0.3) is 5.91 Å². The maximum atomic E-state index is 12.9. The van der Waals surface area contributed by atoms with E-state index in [1.54, 1.807) is 0 Å². The van der Waals surface area contributed by atoms with E-state index < -0.39 is 12.0 Å². The van der Waals surface area contributed by atoms with E-state index in [2.05, 4.69) is 13.0 Å². The molecule has 26 heavy (non-hydrogen) atoms. The summed E-state index contributed by atoms with van der Waals surface area (Å²) in [7, 11) is 0. The molecule has 3 heterocycles. The molecule has 2 atom stereocenters. The minimum absolute atomic E-state index is 0.278. The third kappa shape index (κ3) is 2.74. The minimum atomic E-state index is -0.949. The maximum absolute atomic E-state index is 12.9. The number of anilines is 1. The average molecular weight is 373 g/mol. The van der Waals surface area contributed by atoms with Gasteiger partial charge in [0.15, 0.2) is 0 Å². The Bertz CT molecular complexity index is 892. The Morgan fingerprint density at radius 1 is 1.42 bits per heavy atom. The number of aryl methyl sites for hydroxylation is 1. The number of nitrogens with zero attached hydrogens (tertiary/aromatic N) is 2. The number of hydrogen-bond acceptors (Lipinski definition) is 5. The Kier molecular flexibility index (Phi) is 4.34. The van der Waals surface area contributed by atoms with E-state index in [0.29, 0.717) is 35.9 Å². The number of nitrogen functional groups attached to an aromatic ring is 1. The molecule has 138 valence electrons. The molecule has 1 aliphatic heterocycles. The molecule has 0 saturated carbocycles. The monoisotopic (exact) mass is 373 g/mol. The summed E-state index contributed by atoms with van der Waals surface area (Å²) in [6, 6.07) is 1.35. The van der Waals surface area contributed by atoms with E-state index in [4.69, 9.17) is 10.7 Å². The van der Waals surface area contributed by atoms with Gasteiger partial charge in [-0.1, -0.05) is 13.3 Å². The molecule has 0 bridgehead atoms. The summed E-state index contributed by atoms with van der Waals surface area (Å²) < 4.78 is 0. The standard InChI is InChI=1S/C19H23N3O3S/c1-2-10-5-6-13-11(8-10)9-12-15(20)16(26-17(12)21-13)18(23)22-7-3-4-14(22)19(24)25/h9-10,14H,2-8,20H2,1H3,(H,24,25)/t10?,14-/m0/s1. The molecule has 0 radical (unpaired) electrons. The van der Waals surface area contributed by atoms with Crippen LogP contribution in [0.25, 0.3) is 10.2 Å². The van der Waals surface area contributed by atoms with Gasteiger partial charge in [-0.05, 0) is 49.7 Å². The number of nitrogens with two attached hydrogens (primary N) is 1. The summed E-state index contributed by atoms with van der Waals surface area (Å²) in [5, 5.41) is 10.2. The van der Waals surface area contributed by atoms with Crippen molar-refractivity contribution < 1.29 is 14.7 Å². The van der Waals surface area contributed by atoms with E-state index in [1.807, 2.05) is 0 Å². The molecule has 1 fully saturated rings. The van der Waals surface area contributed by atoms with Gasteiger partial charge in [-0.2, -0.15) is 0 Å². The normalized spacial score (nSPS) is 22.6. The summed E-state index contributed by atoms with van der Waals surface area (Å²) in [6.45, 7) is 2.68. The Labute approximate surface area is 156 Å². The van der Waals surface area contributed by atoms with E-state index >= 15 is 0 Å². The Balaban J connectivity index is 1.72. The van der Waals surface area contributed by atoms with Crippen LogP contribution in [0.2, 0.25) is 0 Å². The molecule has 0 aromatic carbocycles. The summed E-state index contributed by atoms with van der Waals surface area (Å²) in [5.41, 5.74) is 9.11. The Morgan fingerprint density at radius 3 is 2.96 bits per heavy atom. The van der Waals surface area contributed by atoms with Crippen LogP contribution in [0.5, 0.6) is 0 Å². The van der Waals surface area contributed by atoms with Crippen LogP contribution in [0.15, 0.2) is 6.07 Å². The fourth-order valence-corrected chi connectivity index (χ4v) is 5.22. The van der Waals surface area contributed by atoms with Crippen LogP contribution in [-0.4, -0.2) is 39.5 Å². The largest absolute Gasteiger partial charge is 0.480 e. The number of thiophene rings is 1. The van der Waals surface area contributed by atoms with Crippen molar-refractivity contribution in [3.63, 3.8) is 0 Å². The molecule has 2 aromatic heterocycles. The maximum Gasteiger partial charge on any atom is 0.326 e. The summed E-state index contributed by atoms with van der Waals surface area (Å²) in [6.07, 6.45) is 5.50. The van der Waals surface area contributed by atoms with Gasteiger partial charge in [0, 0.05) is 17.6 Å². The topological polar surface area (TPSA) is 96.5 Å². The first kappa shape index (κ1) is 17.3. The number of fused-ring (bicyclic) bond motifs is 2. The predicted octanol–water partition coefficient (Wildman–Crippen LogP) is 3.08. The van der Waals surface area contributed by atoms with E-state index in [9.17, 15) is 14.7 Å². The second kappa shape index (κ2) is 6.54. The number of carboxylic acid groups (broad SMARTS) is 1. The number of carboxylic acids is 1. The number of aromatic nitrogens is 1. The van der Waals surface area contributed by atoms with Gasteiger partial charge < -0.3 is 15.7 Å². The number of hydrogen-bond donors (Lipinski definition) is 2. The average Bonchev–Trinajstić information content (AvgIpc) is 3.24. The number of aliphatic carboxylic acids is 1. The van der Waals surface area contributed by atoms with Crippen LogP contribution in [0, 0.1) is 5.92 Å². The Morgan fingerprint density at radius 2 is 2.23 bits per heavy atom. The molecule has 4 rings (SSSR count). The zero-order valence-corrected chi connectivity index (χ0v) is 15.6. The summed E-state index contributed by atoms with van der Waals surface area (Å²) in [5.74, 6) is -0.543. The Hall–Kier alpha value is -2.15. The molecule has 6 nitrogen and oxygen atoms in total. The highest BCUT2D eigenvalue weighted by molar-refractivity contribution is 7.21. The lowest BCUT2D eigenvalue weighted by atomic mass is 9.85. The van der Waals surface area contributed by atoms with Crippen LogP contribution in [0.4, 0.5) is 5.69 Å². The second-order valence-corrected chi connectivity index (χ2v) is 8.30. The quantitative estimate of drug-likeness (QED) is 0.862. The lowest BCUT2D eigenvalue weighted by Gasteiger charge is -2.22. The second-order valence-electron chi connectivity index (χ2n) is 7.30. The van der Waals surface area contributed by atoms with Crippen LogP contribution in [0.1, 0.15) is 53.5 Å². The molecule has 1 saturated heterocycles. The molecule has 2 aliphatic rings. The van der Waals surface area contributed by atoms with Crippen LogP contribution in [-0.2, 0) is 17.6 Å². The van der Waals surface area contributed by atoms with Crippen LogP contribution < -0.4 is 5.73 Å². The van der Waals surface area contributed by atoms with Gasteiger partial charge in [-0.3, -0.25) is 4.79 Å². The van der Waals surface area contributed by atoms with Crippen LogP contribution in [0.3, 0.4) is 0 Å². The lowest BCUT2D eigenvalue weighted by molar-refractivity contribution is -0.141. The van der Waals surface area contributed by atoms with Crippen molar-refractivity contribution in [3.8, 4) is 0 Å². The van der Waals surface area contributed by atoms with Crippen molar-refractivity contribution in [2.24, 2.45) is 5.92 Å². The number of likely N-dealkylation sites (tertiary alicyclic amines) is 1. The SMILES string of the molecule is CCC1CCc2nc3sc(C(=O)N4CCC[C@H]4C(=O)O)c(N)c3cc2C1. The molecule has 3 N–H and O–H groups in total. The molecule has 1 unspecified atom stereocenters. The predicted molar refractivity (Wildman–Crippen MR) is 102 cm³/mol. The molecular weight excluding hydrogens is 350 g/mol. The van der Waals surface area contributed by atoms with E-state index in [1.165, 1.54) is 21.8 Å². The third-order valence-electron chi connectivity index (χ3n) is 5.76. The smallest absolute Gasteiger partial charge is 0.326 e. The van der Waals surface area contributed by atoms with Gasteiger partial charge in [0.1, 0.15) is 15.7 Å². The fourth-order valence-electron chi connectivity index (χ4n) is 4.17. The van der Waals surface area contributed by atoms with Gasteiger partial charge in [0.2, 0.25) is 0 Å². The summed E-state index contributed by atoms with van der Waals surface area (Å²) in [4.78, 5) is 31.8. The first-order valence-electron chi connectivity index (χ1n) is 9.24. The zero-order chi connectivity index (χ0) is 18.4. The van der Waals surface area contributed by atoms with Gasteiger partial charge in [-0.25, -0.2) is 9.78 Å². The summed E-state index contributed by atoms with van der Waals surface area (Å²) >= 11 is 1.29. The fraction of sp³-hybridized carbons (Fsp3) is 0.526. The van der Waals surface area contributed by atoms with E-state index in [0.717, 1.165) is 41.6 Å². The van der Waals surface area contributed by atoms with Gasteiger partial charge >= 0.3 is 5.97 Å². The highest BCUT2D eigenvalue weighted by Crippen LogP contribution is 2.38. The highest BCUT2D eigenvalue weighted by atomic mass is 32.1. The number of carbonyl (C=O) groups is 2. The van der Waals surface area contributed by atoms with Crippen molar-refractivity contribution in [2.45, 2.75) is 51.5 Å². The number of amides is 1. The molecule has 2 aromatic rings. The number of carbonyl (C=O) groups excluding carboxylic acids is 1. The van der Waals surface area contributed by atoms with Crippen molar-refractivity contribution in [1.82, 2.24) is 9.88 Å². The lowest BCUT2D eigenvalue weighted by Crippen LogP contribution is -2.40. The molecule has 1 amide bonds. The first-order chi connectivity index (χ1) is 12.5. The number of rotatable bonds is 3. The van der Waals surface area contributed by atoms with Crippen molar-refractivity contribution in [3.05, 3.63) is 22.2 Å². The van der Waals surface area contributed by atoms with Crippen molar-refractivity contribution in [1.29, 1.82) is 0 Å². The van der Waals surface area contributed by atoms with Crippen molar-refractivity contribution in [2.75, 3.05) is 12.3 Å². The van der Waals surface area contributed by atoms with Crippen molar-refractivity contribution >= 4 is 39.1 Å². The third-order valence-corrected chi connectivity index (χ3v) is 6.86. The minimum Gasteiger partial charge on any atom is -0.480 e. The molecule has 0 spiro atoms. The highest BCUT2D eigenvalue weighted by Gasteiger charge is 2.36. The first-order valence-corrected chi connectivity index (χ1v) is 10.1. The molecule has 7 heteroatoms. The van der Waals surface area contributed by atoms with Crippen LogP contribution >= 0.6 is 11.3 Å².